The molecule has 0 amide bonds. The molecule has 1 heterocycles. The number of aryl methyl sites for hydroxylation is 1. The molecule has 2 radical (unpaired) electrons. The molecule has 0 saturated heterocycles. The van der Waals surface area contributed by atoms with E-state index in [0.717, 1.165) is 37.8 Å². The Morgan fingerprint density at radius 1 is 1.27 bits per heavy atom. The Balaban J connectivity index is 1.84. The highest BCUT2D eigenvalue weighted by molar-refractivity contribution is 6.14. The van der Waals surface area contributed by atoms with Crippen molar-refractivity contribution in [1.82, 2.24) is 9.97 Å². The first-order valence-electron chi connectivity index (χ1n) is 8.96. The van der Waals surface area contributed by atoms with E-state index >= 15 is 0 Å². The van der Waals surface area contributed by atoms with Crippen LogP contribution in [0.4, 0.5) is 16.2 Å². The maximum atomic E-state index is 13.7. The predicted octanol–water partition coefficient (Wildman–Crippen LogP) is 3.59. The quantitative estimate of drug-likeness (QED) is 0.503. The molecule has 7 heteroatoms. The van der Waals surface area contributed by atoms with Gasteiger partial charge in [0.1, 0.15) is 7.85 Å². The maximum Gasteiger partial charge on any atom is 0.222 e. The smallest absolute Gasteiger partial charge is 0.222 e. The Kier molecular flexibility index (Phi) is 7.24. The number of ether oxygens (including phenoxy) is 1. The van der Waals surface area contributed by atoms with Crippen LogP contribution in [-0.2, 0) is 12.0 Å². The van der Waals surface area contributed by atoms with Crippen molar-refractivity contribution in [2.75, 3.05) is 24.2 Å². The minimum atomic E-state index is -1.81. The molecule has 0 bridgehead atoms. The molecule has 0 aliphatic carbocycles. The number of halogens is 1. The van der Waals surface area contributed by atoms with Gasteiger partial charge in [0.15, 0.2) is 11.6 Å². The first-order chi connectivity index (χ1) is 12.4. The lowest BCUT2D eigenvalue weighted by Gasteiger charge is -2.15. The second-order valence-electron chi connectivity index (χ2n) is 6.45. The molecule has 1 unspecified atom stereocenters. The van der Waals surface area contributed by atoms with Crippen molar-refractivity contribution in [1.29, 1.82) is 0 Å². The molecule has 0 saturated carbocycles. The van der Waals surface area contributed by atoms with Gasteiger partial charge in [-0.05, 0) is 37.3 Å². The lowest BCUT2D eigenvalue weighted by atomic mass is 9.79. The van der Waals surface area contributed by atoms with Crippen molar-refractivity contribution in [3.63, 3.8) is 0 Å². The van der Waals surface area contributed by atoms with E-state index in [9.17, 15) is 4.39 Å². The van der Waals surface area contributed by atoms with Crippen LogP contribution < -0.4 is 15.8 Å². The number of nitrogens with two attached hydrogens (primary N) is 1. The summed E-state index contributed by atoms with van der Waals surface area (Å²) in [4.78, 5) is 8.19. The highest BCUT2D eigenvalue weighted by atomic mass is 19.1. The van der Waals surface area contributed by atoms with Crippen LogP contribution in [0, 0.1) is 0 Å². The first kappa shape index (κ1) is 20.0. The second kappa shape index (κ2) is 9.41. The fourth-order valence-electron chi connectivity index (χ4n) is 2.46. The molecule has 2 aromatic rings. The van der Waals surface area contributed by atoms with Gasteiger partial charge in [-0.15, -0.1) is 0 Å². The van der Waals surface area contributed by atoms with E-state index in [-0.39, 0.29) is 5.95 Å². The van der Waals surface area contributed by atoms with E-state index in [1.54, 1.807) is 18.3 Å². The van der Waals surface area contributed by atoms with Gasteiger partial charge in [-0.2, -0.15) is 4.98 Å². The van der Waals surface area contributed by atoms with Crippen LogP contribution in [0.15, 0.2) is 30.5 Å². The topological polar surface area (TPSA) is 73.1 Å². The van der Waals surface area contributed by atoms with Crippen LogP contribution in [0.1, 0.15) is 44.2 Å². The SMILES string of the molecule is [B]C(C)(F)c1ccc(CCCOc2cnc(N)nc2NCCCC)cc1. The van der Waals surface area contributed by atoms with E-state index in [1.165, 1.54) is 6.92 Å². The van der Waals surface area contributed by atoms with Crippen molar-refractivity contribution in [2.45, 2.75) is 45.1 Å². The van der Waals surface area contributed by atoms with E-state index < -0.39 is 5.57 Å². The number of unbranched alkanes of at least 4 members (excludes halogenated alkanes) is 1. The number of hydrogen-bond acceptors (Lipinski definition) is 5. The number of benzene rings is 1. The summed E-state index contributed by atoms with van der Waals surface area (Å²) in [7, 11) is 5.45. The zero-order chi connectivity index (χ0) is 19.0. The normalized spacial score (nSPS) is 13.2. The fourth-order valence-corrected chi connectivity index (χ4v) is 2.46. The number of hydrogen-bond donors (Lipinski definition) is 2. The predicted molar refractivity (Wildman–Crippen MR) is 104 cm³/mol. The Morgan fingerprint density at radius 2 is 2.00 bits per heavy atom. The molecule has 138 valence electrons. The second-order valence-corrected chi connectivity index (χ2v) is 6.45. The summed E-state index contributed by atoms with van der Waals surface area (Å²) < 4.78 is 19.5. The molecular weight excluding hydrogens is 330 g/mol. The van der Waals surface area contributed by atoms with Gasteiger partial charge in [-0.1, -0.05) is 37.6 Å². The first-order valence-corrected chi connectivity index (χ1v) is 8.96. The molecule has 1 atom stereocenters. The Morgan fingerprint density at radius 3 is 2.65 bits per heavy atom. The number of alkyl halides is 1. The molecule has 0 aliphatic rings. The van der Waals surface area contributed by atoms with E-state index in [0.29, 0.717) is 23.7 Å². The highest BCUT2D eigenvalue weighted by Crippen LogP contribution is 2.23. The minimum absolute atomic E-state index is 0.219. The molecule has 3 N–H and O–H groups in total. The standard InChI is InChI=1S/C19H26BFN4O/c1-3-4-11-23-17-16(13-24-18(22)25-17)26-12-5-6-14-7-9-15(10-8-14)19(2,20)21/h7-10,13H,3-6,11-12H2,1-2H3,(H3,22,23,24,25). The van der Waals surface area contributed by atoms with Crippen LogP contribution in [0.3, 0.4) is 0 Å². The lowest BCUT2D eigenvalue weighted by Crippen LogP contribution is -2.14. The molecular formula is C19H26BFN4O. The van der Waals surface area contributed by atoms with Crippen LogP contribution in [0.5, 0.6) is 5.75 Å². The zero-order valence-corrected chi connectivity index (χ0v) is 15.5. The molecule has 2 rings (SSSR count). The maximum absolute atomic E-state index is 13.7. The van der Waals surface area contributed by atoms with Crippen LogP contribution in [0.2, 0.25) is 0 Å². The molecule has 5 nitrogen and oxygen atoms in total. The third-order valence-corrected chi connectivity index (χ3v) is 3.98. The van der Waals surface area contributed by atoms with Gasteiger partial charge in [0.2, 0.25) is 5.95 Å². The molecule has 0 aliphatic heterocycles. The van der Waals surface area contributed by atoms with E-state index in [2.05, 4.69) is 22.2 Å². The van der Waals surface area contributed by atoms with Crippen molar-refractivity contribution in [3.05, 3.63) is 41.6 Å². The molecule has 1 aromatic heterocycles. The van der Waals surface area contributed by atoms with Crippen LogP contribution in [-0.4, -0.2) is 31.0 Å². The Labute approximate surface area is 156 Å². The fraction of sp³-hybridized carbons (Fsp3) is 0.474. The molecule has 0 spiro atoms. The summed E-state index contributed by atoms with van der Waals surface area (Å²) in [6.45, 7) is 4.80. The summed E-state index contributed by atoms with van der Waals surface area (Å²) in [5, 5.41) is 3.23. The van der Waals surface area contributed by atoms with Gasteiger partial charge >= 0.3 is 0 Å². The summed E-state index contributed by atoms with van der Waals surface area (Å²) in [5.41, 5.74) is 5.42. The average molecular weight is 356 g/mol. The average Bonchev–Trinajstić information content (AvgIpc) is 2.60. The minimum Gasteiger partial charge on any atom is -0.488 e. The van der Waals surface area contributed by atoms with Crippen LogP contribution in [0.25, 0.3) is 0 Å². The highest BCUT2D eigenvalue weighted by Gasteiger charge is 2.17. The summed E-state index contributed by atoms with van der Waals surface area (Å²) in [6, 6.07) is 7.23. The van der Waals surface area contributed by atoms with Crippen molar-refractivity contribution in [2.24, 2.45) is 0 Å². The van der Waals surface area contributed by atoms with Gasteiger partial charge < -0.3 is 15.8 Å². The van der Waals surface area contributed by atoms with Gasteiger partial charge in [0, 0.05) is 6.54 Å². The van der Waals surface area contributed by atoms with Crippen molar-refractivity contribution in [3.8, 4) is 5.75 Å². The molecule has 0 fully saturated rings. The number of aromatic nitrogens is 2. The number of anilines is 2. The Hall–Kier alpha value is -2.31. The van der Waals surface area contributed by atoms with E-state index in [4.69, 9.17) is 18.3 Å². The largest absolute Gasteiger partial charge is 0.488 e. The number of nitrogens with zero attached hydrogens (tertiary/aromatic N) is 2. The third kappa shape index (κ3) is 6.21. The van der Waals surface area contributed by atoms with Gasteiger partial charge in [-0.25, -0.2) is 4.98 Å². The molecule has 26 heavy (non-hydrogen) atoms. The summed E-state index contributed by atoms with van der Waals surface area (Å²) in [5.74, 6) is 1.44. The summed E-state index contributed by atoms with van der Waals surface area (Å²) >= 11 is 0. The monoisotopic (exact) mass is 356 g/mol. The van der Waals surface area contributed by atoms with Crippen molar-refractivity contribution < 1.29 is 9.13 Å². The Bertz CT molecular complexity index is 689. The molecule has 1 aromatic carbocycles. The number of nitrogens with one attached hydrogen (secondary N) is 1. The van der Waals surface area contributed by atoms with Crippen molar-refractivity contribution >= 4 is 19.6 Å². The summed E-state index contributed by atoms with van der Waals surface area (Å²) in [6.07, 6.45) is 5.36. The van der Waals surface area contributed by atoms with Gasteiger partial charge in [0.05, 0.1) is 18.4 Å². The third-order valence-electron chi connectivity index (χ3n) is 3.98. The number of rotatable bonds is 10. The van der Waals surface area contributed by atoms with Crippen LogP contribution >= 0.6 is 0 Å². The van der Waals surface area contributed by atoms with Gasteiger partial charge in [-0.3, -0.25) is 4.39 Å². The zero-order valence-electron chi connectivity index (χ0n) is 15.5. The lowest BCUT2D eigenvalue weighted by molar-refractivity contribution is 0.309. The number of nitrogen functional groups attached to an aromatic ring is 1. The van der Waals surface area contributed by atoms with E-state index in [1.807, 2.05) is 12.1 Å². The van der Waals surface area contributed by atoms with Gasteiger partial charge in [0.25, 0.3) is 0 Å².